The van der Waals surface area contributed by atoms with E-state index in [-0.39, 0.29) is 5.96 Å². The van der Waals surface area contributed by atoms with Crippen LogP contribution < -0.4 is 11.5 Å². The highest BCUT2D eigenvalue weighted by Crippen LogP contribution is 1.94. The number of rotatable bonds is 2. The van der Waals surface area contributed by atoms with Gasteiger partial charge in [-0.2, -0.15) is 5.10 Å². The van der Waals surface area contributed by atoms with Crippen molar-refractivity contribution < 1.29 is 14.7 Å². The van der Waals surface area contributed by atoms with Crippen molar-refractivity contribution >= 4 is 12.2 Å². The Hall–Kier alpha value is -2.58. The van der Waals surface area contributed by atoms with Gasteiger partial charge in [0.15, 0.2) is 0 Å². The highest BCUT2D eigenvalue weighted by Gasteiger charge is 1.85. The van der Waals surface area contributed by atoms with Gasteiger partial charge in [0.2, 0.25) is 5.96 Å². The molecule has 9 heteroatoms. The van der Waals surface area contributed by atoms with Gasteiger partial charge in [-0.3, -0.25) is 0 Å². The SMILES string of the molecule is NC(N)=N/N=C/c1ccco1.O=[N+]([O-])O. The Bertz CT molecular complexity index is 336. The smallest absolute Gasteiger partial charge is 0.291 e. The highest BCUT2D eigenvalue weighted by molar-refractivity contribution is 5.79. The van der Waals surface area contributed by atoms with E-state index in [0.29, 0.717) is 5.76 Å². The zero-order valence-corrected chi connectivity index (χ0v) is 7.48. The van der Waals surface area contributed by atoms with Crippen LogP contribution in [-0.2, 0) is 0 Å². The second-order valence-corrected chi connectivity index (χ2v) is 2.02. The molecule has 5 N–H and O–H groups in total. The van der Waals surface area contributed by atoms with Crippen LogP contribution in [0.4, 0.5) is 0 Å². The molecular weight excluding hydrogens is 206 g/mol. The second kappa shape index (κ2) is 6.88. The maximum absolute atomic E-state index is 8.36. The molecular formula is C6H9N5O4. The van der Waals surface area contributed by atoms with Crippen molar-refractivity contribution in [1.29, 1.82) is 0 Å². The van der Waals surface area contributed by atoms with Crippen molar-refractivity contribution in [2.45, 2.75) is 0 Å². The molecule has 0 amide bonds. The summed E-state index contributed by atoms with van der Waals surface area (Å²) in [5.74, 6) is 0.530. The van der Waals surface area contributed by atoms with Crippen molar-refractivity contribution in [3.8, 4) is 0 Å². The molecule has 0 aromatic carbocycles. The van der Waals surface area contributed by atoms with Crippen molar-refractivity contribution in [2.24, 2.45) is 21.7 Å². The molecule has 1 aromatic rings. The molecule has 0 aliphatic carbocycles. The molecule has 82 valence electrons. The van der Waals surface area contributed by atoms with Crippen LogP contribution in [0.3, 0.4) is 0 Å². The van der Waals surface area contributed by atoms with Gasteiger partial charge >= 0.3 is 0 Å². The molecule has 0 atom stereocenters. The van der Waals surface area contributed by atoms with Crippen molar-refractivity contribution in [3.63, 3.8) is 0 Å². The molecule has 9 nitrogen and oxygen atoms in total. The zero-order chi connectivity index (χ0) is 11.7. The summed E-state index contributed by atoms with van der Waals surface area (Å²) in [6.07, 6.45) is 2.95. The Labute approximate surface area is 83.8 Å². The first-order chi connectivity index (χ1) is 7.02. The summed E-state index contributed by atoms with van der Waals surface area (Å²) in [5.41, 5.74) is 10.0. The van der Waals surface area contributed by atoms with E-state index in [4.69, 9.17) is 31.2 Å². The molecule has 0 aliphatic rings. The van der Waals surface area contributed by atoms with Gasteiger partial charge in [0.1, 0.15) is 5.76 Å². The van der Waals surface area contributed by atoms with Gasteiger partial charge < -0.3 is 21.1 Å². The molecule has 0 spiro atoms. The Balaban J connectivity index is 0.000000423. The molecule has 0 aliphatic heterocycles. The van der Waals surface area contributed by atoms with Crippen LogP contribution in [0.2, 0.25) is 0 Å². The average molecular weight is 215 g/mol. The number of hydrogen-bond acceptors (Lipinski definition) is 5. The van der Waals surface area contributed by atoms with E-state index in [1.54, 1.807) is 12.1 Å². The topological polar surface area (TPSA) is 153 Å². The summed E-state index contributed by atoms with van der Waals surface area (Å²) >= 11 is 0. The van der Waals surface area contributed by atoms with Gasteiger partial charge in [0.05, 0.1) is 12.5 Å². The Kier molecular flexibility index (Phi) is 5.70. The van der Waals surface area contributed by atoms with Crippen LogP contribution in [0.5, 0.6) is 0 Å². The van der Waals surface area contributed by atoms with E-state index >= 15 is 0 Å². The van der Waals surface area contributed by atoms with E-state index in [0.717, 1.165) is 0 Å². The summed E-state index contributed by atoms with van der Waals surface area (Å²) in [6, 6.07) is 3.49. The Morgan fingerprint density at radius 3 is 2.67 bits per heavy atom. The third-order valence-electron chi connectivity index (χ3n) is 0.901. The normalized spacial score (nSPS) is 9.07. The number of nitrogens with zero attached hydrogens (tertiary/aromatic N) is 3. The molecule has 0 saturated heterocycles. The number of guanidine groups is 1. The first-order valence-electron chi connectivity index (χ1n) is 3.51. The van der Waals surface area contributed by atoms with Gasteiger partial charge in [-0.1, -0.05) is 0 Å². The maximum atomic E-state index is 8.36. The number of furan rings is 1. The minimum Gasteiger partial charge on any atom is -0.463 e. The minimum atomic E-state index is -1.50. The summed E-state index contributed by atoms with van der Waals surface area (Å²) in [4.78, 5) is 8.36. The first-order valence-corrected chi connectivity index (χ1v) is 3.51. The van der Waals surface area contributed by atoms with Gasteiger partial charge in [-0.25, -0.2) is 0 Å². The molecule has 0 fully saturated rings. The fourth-order valence-electron chi connectivity index (χ4n) is 0.517. The molecule has 0 radical (unpaired) electrons. The van der Waals surface area contributed by atoms with Crippen LogP contribution in [0.25, 0.3) is 0 Å². The monoisotopic (exact) mass is 215 g/mol. The molecule has 15 heavy (non-hydrogen) atoms. The summed E-state index contributed by atoms with van der Waals surface area (Å²) in [5, 5.41) is 20.6. The van der Waals surface area contributed by atoms with E-state index in [2.05, 4.69) is 10.2 Å². The van der Waals surface area contributed by atoms with Crippen molar-refractivity contribution in [3.05, 3.63) is 34.3 Å². The van der Waals surface area contributed by atoms with E-state index in [9.17, 15) is 0 Å². The molecule has 1 aromatic heterocycles. The lowest BCUT2D eigenvalue weighted by molar-refractivity contribution is -0.742. The van der Waals surface area contributed by atoms with Crippen LogP contribution in [-0.4, -0.2) is 22.5 Å². The third kappa shape index (κ3) is 9.33. The first kappa shape index (κ1) is 12.4. The highest BCUT2D eigenvalue weighted by atomic mass is 16.9. The lowest BCUT2D eigenvalue weighted by Gasteiger charge is -1.82. The number of nitrogens with two attached hydrogens (primary N) is 2. The standard InChI is InChI=1S/C6H8N4O.HNO3/c7-6(8)10-9-4-5-2-1-3-11-5;2-1(3)4/h1-4H,(H4,7,8,10);(H,2,3,4)/b9-4+;. The zero-order valence-electron chi connectivity index (χ0n) is 7.48. The lowest BCUT2D eigenvalue weighted by Crippen LogP contribution is -2.21. The van der Waals surface area contributed by atoms with Crippen LogP contribution in [0.1, 0.15) is 5.76 Å². The summed E-state index contributed by atoms with van der Waals surface area (Å²) in [7, 11) is 0. The van der Waals surface area contributed by atoms with Crippen LogP contribution >= 0.6 is 0 Å². The molecule has 1 rings (SSSR count). The predicted molar refractivity (Wildman–Crippen MR) is 50.9 cm³/mol. The van der Waals surface area contributed by atoms with Crippen molar-refractivity contribution in [1.82, 2.24) is 0 Å². The molecule has 0 unspecified atom stereocenters. The second-order valence-electron chi connectivity index (χ2n) is 2.02. The lowest BCUT2D eigenvalue weighted by atomic mass is 10.5. The maximum Gasteiger partial charge on any atom is 0.291 e. The van der Waals surface area contributed by atoms with Gasteiger partial charge in [0.25, 0.3) is 5.09 Å². The van der Waals surface area contributed by atoms with Crippen molar-refractivity contribution in [2.75, 3.05) is 0 Å². The molecule has 0 bridgehead atoms. The summed E-state index contributed by atoms with van der Waals surface area (Å²) in [6.45, 7) is 0. The summed E-state index contributed by atoms with van der Waals surface area (Å²) < 4.78 is 4.92. The third-order valence-corrected chi connectivity index (χ3v) is 0.901. The van der Waals surface area contributed by atoms with Gasteiger partial charge in [0, 0.05) is 0 Å². The quantitative estimate of drug-likeness (QED) is 0.262. The van der Waals surface area contributed by atoms with E-state index in [1.807, 2.05) is 0 Å². The van der Waals surface area contributed by atoms with Crippen LogP contribution in [0, 0.1) is 10.1 Å². The fourth-order valence-corrected chi connectivity index (χ4v) is 0.517. The van der Waals surface area contributed by atoms with Gasteiger partial charge in [-0.05, 0) is 12.1 Å². The predicted octanol–water partition coefficient (Wildman–Crippen LogP) is -0.461. The van der Waals surface area contributed by atoms with E-state index in [1.165, 1.54) is 12.5 Å². The Morgan fingerprint density at radius 2 is 2.27 bits per heavy atom. The fraction of sp³-hybridized carbons (Fsp3) is 0. The largest absolute Gasteiger partial charge is 0.463 e. The minimum absolute atomic E-state index is 0.0761. The molecule has 0 saturated carbocycles. The van der Waals surface area contributed by atoms with E-state index < -0.39 is 5.09 Å². The van der Waals surface area contributed by atoms with Crippen LogP contribution in [0.15, 0.2) is 33.0 Å². The average Bonchev–Trinajstić information content (AvgIpc) is 2.54. The number of hydrogen-bond donors (Lipinski definition) is 3. The van der Waals surface area contributed by atoms with Gasteiger partial charge in [-0.15, -0.1) is 15.2 Å². The molecule has 1 heterocycles. The Morgan fingerprint density at radius 1 is 1.67 bits per heavy atom.